The molecule has 1 aliphatic heterocycles. The highest BCUT2D eigenvalue weighted by Gasteiger charge is 2.40. The molecule has 1 saturated carbocycles. The summed E-state index contributed by atoms with van der Waals surface area (Å²) in [6.45, 7) is 1.69. The van der Waals surface area contributed by atoms with Gasteiger partial charge in [0, 0.05) is 6.54 Å². The van der Waals surface area contributed by atoms with Gasteiger partial charge in [0.15, 0.2) is 0 Å². The van der Waals surface area contributed by atoms with Gasteiger partial charge in [-0.2, -0.15) is 0 Å². The Hall–Kier alpha value is -1.10. The van der Waals surface area contributed by atoms with Crippen LogP contribution in [0.3, 0.4) is 0 Å². The van der Waals surface area contributed by atoms with Crippen molar-refractivity contribution in [1.82, 2.24) is 10.6 Å². The highest BCUT2D eigenvalue weighted by Crippen LogP contribution is 2.28. The summed E-state index contributed by atoms with van der Waals surface area (Å²) in [7, 11) is 0. The normalized spacial score (nSPS) is 27.4. The van der Waals surface area contributed by atoms with Gasteiger partial charge in [-0.05, 0) is 32.2 Å². The third-order valence-electron chi connectivity index (χ3n) is 4.21. The highest BCUT2D eigenvalue weighted by molar-refractivity contribution is 5.91. The number of hydrogen-bond donors (Lipinski definition) is 3. The van der Waals surface area contributed by atoms with E-state index >= 15 is 0 Å². The summed E-state index contributed by atoms with van der Waals surface area (Å²) in [5.41, 5.74) is 4.73. The molecule has 5 nitrogen and oxygen atoms in total. The Bertz CT molecular complexity index is 318. The predicted octanol–water partition coefficient (Wildman–Crippen LogP) is 0.290. The zero-order valence-electron chi connectivity index (χ0n) is 10.8. The second-order valence-electron chi connectivity index (χ2n) is 5.54. The van der Waals surface area contributed by atoms with Gasteiger partial charge in [0.2, 0.25) is 11.8 Å². The zero-order valence-corrected chi connectivity index (χ0v) is 10.8. The van der Waals surface area contributed by atoms with E-state index in [0.29, 0.717) is 19.4 Å². The SMILES string of the molecule is NC(=O)C1(NC(=O)C2CCCNC2)CCCCC1. The molecule has 1 unspecified atom stereocenters. The number of carbonyl (C=O) groups excluding carboxylic acids is 2. The molecule has 5 heteroatoms. The van der Waals surface area contributed by atoms with Crippen LogP contribution in [-0.2, 0) is 9.59 Å². The second kappa shape index (κ2) is 5.69. The minimum atomic E-state index is -0.785. The number of amides is 2. The van der Waals surface area contributed by atoms with Crippen LogP contribution in [0.25, 0.3) is 0 Å². The minimum absolute atomic E-state index is 0.0112. The molecule has 0 aromatic heterocycles. The van der Waals surface area contributed by atoms with E-state index in [0.717, 1.165) is 38.6 Å². The van der Waals surface area contributed by atoms with Crippen LogP contribution in [0.2, 0.25) is 0 Å². The van der Waals surface area contributed by atoms with Crippen LogP contribution in [-0.4, -0.2) is 30.4 Å². The highest BCUT2D eigenvalue weighted by atomic mass is 16.2. The van der Waals surface area contributed by atoms with Crippen LogP contribution in [0.15, 0.2) is 0 Å². The lowest BCUT2D eigenvalue weighted by molar-refractivity contribution is -0.135. The first-order chi connectivity index (χ1) is 8.64. The maximum atomic E-state index is 12.2. The lowest BCUT2D eigenvalue weighted by Crippen LogP contribution is -2.60. The van der Waals surface area contributed by atoms with Crippen LogP contribution in [0.1, 0.15) is 44.9 Å². The fourth-order valence-electron chi connectivity index (χ4n) is 3.00. The molecule has 2 fully saturated rings. The Kier molecular flexibility index (Phi) is 4.22. The van der Waals surface area contributed by atoms with Crippen molar-refractivity contribution in [3.8, 4) is 0 Å². The molecular weight excluding hydrogens is 230 g/mol. The van der Waals surface area contributed by atoms with Crippen LogP contribution >= 0.6 is 0 Å². The molecule has 0 aromatic carbocycles. The first kappa shape index (κ1) is 13.3. The van der Waals surface area contributed by atoms with Gasteiger partial charge >= 0.3 is 0 Å². The molecule has 1 saturated heterocycles. The van der Waals surface area contributed by atoms with Gasteiger partial charge in [0.05, 0.1) is 5.92 Å². The van der Waals surface area contributed by atoms with Crippen molar-refractivity contribution in [2.24, 2.45) is 11.7 Å². The maximum Gasteiger partial charge on any atom is 0.243 e. The number of nitrogens with one attached hydrogen (secondary N) is 2. The first-order valence-electron chi connectivity index (χ1n) is 6.97. The zero-order chi connectivity index (χ0) is 13.0. The summed E-state index contributed by atoms with van der Waals surface area (Å²) >= 11 is 0. The third kappa shape index (κ3) is 2.83. The molecule has 1 aliphatic carbocycles. The van der Waals surface area contributed by atoms with Crippen molar-refractivity contribution in [3.05, 3.63) is 0 Å². The molecule has 2 aliphatic rings. The second-order valence-corrected chi connectivity index (χ2v) is 5.54. The molecule has 0 radical (unpaired) electrons. The van der Waals surface area contributed by atoms with E-state index in [9.17, 15) is 9.59 Å². The maximum absolute atomic E-state index is 12.2. The topological polar surface area (TPSA) is 84.2 Å². The summed E-state index contributed by atoms with van der Waals surface area (Å²) in [6, 6.07) is 0. The summed E-state index contributed by atoms with van der Waals surface area (Å²) in [6.07, 6.45) is 6.34. The van der Waals surface area contributed by atoms with Gasteiger partial charge in [-0.1, -0.05) is 19.3 Å². The Labute approximate surface area is 108 Å². The Morgan fingerprint density at radius 3 is 2.44 bits per heavy atom. The van der Waals surface area contributed by atoms with E-state index in [-0.39, 0.29) is 17.7 Å². The number of piperidine rings is 1. The minimum Gasteiger partial charge on any atom is -0.368 e. The monoisotopic (exact) mass is 253 g/mol. The summed E-state index contributed by atoms with van der Waals surface area (Å²) in [5, 5.41) is 6.17. The fourth-order valence-corrected chi connectivity index (χ4v) is 3.00. The van der Waals surface area contributed by atoms with Gasteiger partial charge in [-0.15, -0.1) is 0 Å². The van der Waals surface area contributed by atoms with E-state index in [1.54, 1.807) is 0 Å². The lowest BCUT2D eigenvalue weighted by Gasteiger charge is -2.36. The number of nitrogens with two attached hydrogens (primary N) is 1. The van der Waals surface area contributed by atoms with Crippen molar-refractivity contribution in [3.63, 3.8) is 0 Å². The number of primary amides is 1. The number of rotatable bonds is 3. The molecule has 0 spiro atoms. The predicted molar refractivity (Wildman–Crippen MR) is 68.7 cm³/mol. The Balaban J connectivity index is 1.99. The number of carbonyl (C=O) groups is 2. The van der Waals surface area contributed by atoms with Crippen molar-refractivity contribution in [1.29, 1.82) is 0 Å². The number of hydrogen-bond acceptors (Lipinski definition) is 3. The fraction of sp³-hybridized carbons (Fsp3) is 0.846. The van der Waals surface area contributed by atoms with Crippen molar-refractivity contribution >= 4 is 11.8 Å². The molecule has 0 aromatic rings. The largest absolute Gasteiger partial charge is 0.368 e. The third-order valence-corrected chi connectivity index (χ3v) is 4.21. The molecule has 18 heavy (non-hydrogen) atoms. The van der Waals surface area contributed by atoms with E-state index in [4.69, 9.17) is 5.73 Å². The average Bonchev–Trinajstić information content (AvgIpc) is 2.40. The Morgan fingerprint density at radius 2 is 1.89 bits per heavy atom. The molecule has 1 atom stereocenters. The van der Waals surface area contributed by atoms with Crippen LogP contribution in [0.5, 0.6) is 0 Å². The molecule has 4 N–H and O–H groups in total. The lowest BCUT2D eigenvalue weighted by atomic mass is 9.80. The Morgan fingerprint density at radius 1 is 1.17 bits per heavy atom. The van der Waals surface area contributed by atoms with E-state index in [1.807, 2.05) is 0 Å². The molecule has 1 heterocycles. The molecule has 2 rings (SSSR count). The smallest absolute Gasteiger partial charge is 0.243 e. The van der Waals surface area contributed by atoms with Gasteiger partial charge < -0.3 is 16.4 Å². The van der Waals surface area contributed by atoms with E-state index in [2.05, 4.69) is 10.6 Å². The molecule has 0 bridgehead atoms. The van der Waals surface area contributed by atoms with E-state index in [1.165, 1.54) is 0 Å². The average molecular weight is 253 g/mol. The van der Waals surface area contributed by atoms with Crippen molar-refractivity contribution < 1.29 is 9.59 Å². The summed E-state index contributed by atoms with van der Waals surface area (Å²) in [5.74, 6) is -0.404. The van der Waals surface area contributed by atoms with Gasteiger partial charge in [-0.3, -0.25) is 9.59 Å². The summed E-state index contributed by atoms with van der Waals surface area (Å²) in [4.78, 5) is 23.9. The van der Waals surface area contributed by atoms with Crippen LogP contribution in [0, 0.1) is 5.92 Å². The molecule has 2 amide bonds. The molecule has 102 valence electrons. The standard InChI is InChI=1S/C13H23N3O2/c14-12(18)13(6-2-1-3-7-13)16-11(17)10-5-4-8-15-9-10/h10,15H,1-9H2,(H2,14,18)(H,16,17). The van der Waals surface area contributed by atoms with Crippen LogP contribution in [0.4, 0.5) is 0 Å². The van der Waals surface area contributed by atoms with E-state index < -0.39 is 5.54 Å². The van der Waals surface area contributed by atoms with Gasteiger partial charge in [0.1, 0.15) is 5.54 Å². The summed E-state index contributed by atoms with van der Waals surface area (Å²) < 4.78 is 0. The van der Waals surface area contributed by atoms with Crippen molar-refractivity contribution in [2.45, 2.75) is 50.5 Å². The van der Waals surface area contributed by atoms with Crippen LogP contribution < -0.4 is 16.4 Å². The first-order valence-corrected chi connectivity index (χ1v) is 6.97. The quantitative estimate of drug-likeness (QED) is 0.676. The van der Waals surface area contributed by atoms with Gasteiger partial charge in [-0.25, -0.2) is 0 Å². The molecular formula is C13H23N3O2. The van der Waals surface area contributed by atoms with Crippen molar-refractivity contribution in [2.75, 3.05) is 13.1 Å². The van der Waals surface area contributed by atoms with Gasteiger partial charge in [0.25, 0.3) is 0 Å².